The van der Waals surface area contributed by atoms with Gasteiger partial charge in [-0.25, -0.2) is 4.39 Å². The van der Waals surface area contributed by atoms with E-state index in [4.69, 9.17) is 27.9 Å². The molecular formula is C32H33Cl2FN2O5. The maximum atomic E-state index is 14.4. The summed E-state index contributed by atoms with van der Waals surface area (Å²) in [6.45, 7) is 1.92. The van der Waals surface area contributed by atoms with Gasteiger partial charge in [0.05, 0.1) is 12.5 Å². The second-order valence-corrected chi connectivity index (χ2v) is 11.3. The van der Waals surface area contributed by atoms with Crippen LogP contribution in [0.3, 0.4) is 0 Å². The molecule has 0 bridgehead atoms. The van der Waals surface area contributed by atoms with Gasteiger partial charge in [-0.15, -0.1) is 0 Å². The van der Waals surface area contributed by atoms with Crippen LogP contribution in [0.2, 0.25) is 10.0 Å². The van der Waals surface area contributed by atoms with Gasteiger partial charge in [0.2, 0.25) is 5.91 Å². The van der Waals surface area contributed by atoms with E-state index in [1.807, 2.05) is 31.2 Å². The van der Waals surface area contributed by atoms with Crippen LogP contribution in [0.25, 0.3) is 0 Å². The molecule has 1 aliphatic heterocycles. The number of hydrogen-bond donors (Lipinski definition) is 1. The van der Waals surface area contributed by atoms with Crippen LogP contribution >= 0.6 is 23.2 Å². The van der Waals surface area contributed by atoms with Crippen molar-refractivity contribution in [3.63, 3.8) is 0 Å². The predicted molar refractivity (Wildman–Crippen MR) is 159 cm³/mol. The number of carbonyl (C=O) groups is 3. The monoisotopic (exact) mass is 614 g/mol. The van der Waals surface area contributed by atoms with Crippen molar-refractivity contribution < 1.29 is 28.6 Å². The number of halogens is 3. The first-order valence-corrected chi connectivity index (χ1v) is 14.5. The lowest BCUT2D eigenvalue weighted by Crippen LogP contribution is -2.59. The van der Waals surface area contributed by atoms with Gasteiger partial charge in [0, 0.05) is 30.1 Å². The maximum Gasteiger partial charge on any atom is 0.305 e. The lowest BCUT2D eigenvalue weighted by atomic mass is 9.88. The number of morpholine rings is 1. The van der Waals surface area contributed by atoms with E-state index in [0.29, 0.717) is 28.5 Å². The maximum absolute atomic E-state index is 14.4. The normalized spacial score (nSPS) is 19.4. The number of aliphatic carboxylic acids is 1. The molecule has 0 aromatic heterocycles. The standard InChI is InChI=1S/C32H33Cl2FN2O5/c1-3-4-26(31(40)36(2)18-17-28(38)39)37-29(21-7-11-23(33)12-8-21)30(22-9-13-24(34)14-10-22)42-27(32(37)41)19-20-5-15-25(35)16-6-20/h5-16,26-27,29-30H,3-4,17-19H2,1-2H3,(H,38,39)/t26-,27+,29-,30+/m0/s1. The Balaban J connectivity index is 1.84. The molecule has 4 rings (SSSR count). The van der Waals surface area contributed by atoms with E-state index in [-0.39, 0.29) is 31.2 Å². The summed E-state index contributed by atoms with van der Waals surface area (Å²) < 4.78 is 20.2. The SMILES string of the molecule is CCC[C@@H](C(=O)N(C)CCC(=O)O)N1C(=O)[C@@H](Cc2ccc(F)cc2)O[C@H](c2ccc(Cl)cc2)[C@@H]1c1ccc(Cl)cc1. The van der Waals surface area contributed by atoms with Crippen molar-refractivity contribution in [3.8, 4) is 0 Å². The first-order chi connectivity index (χ1) is 20.1. The Kier molecular flexibility index (Phi) is 10.6. The molecule has 1 heterocycles. The highest BCUT2D eigenvalue weighted by molar-refractivity contribution is 6.30. The fourth-order valence-corrected chi connectivity index (χ4v) is 5.52. The van der Waals surface area contributed by atoms with E-state index in [2.05, 4.69) is 0 Å². The Morgan fingerprint density at radius 1 is 0.976 bits per heavy atom. The van der Waals surface area contributed by atoms with E-state index in [1.54, 1.807) is 48.3 Å². The Hall–Kier alpha value is -3.46. The summed E-state index contributed by atoms with van der Waals surface area (Å²) in [6.07, 6.45) is -0.786. The fraction of sp³-hybridized carbons (Fsp3) is 0.344. The highest BCUT2D eigenvalue weighted by Crippen LogP contribution is 2.44. The van der Waals surface area contributed by atoms with Gasteiger partial charge in [0.25, 0.3) is 5.91 Å². The molecule has 3 aromatic carbocycles. The number of rotatable bonds is 11. The smallest absolute Gasteiger partial charge is 0.305 e. The van der Waals surface area contributed by atoms with Crippen molar-refractivity contribution in [1.82, 2.24) is 9.80 Å². The summed E-state index contributed by atoms with van der Waals surface area (Å²) >= 11 is 12.4. The van der Waals surface area contributed by atoms with Gasteiger partial charge in [-0.05, 0) is 59.5 Å². The molecule has 0 radical (unpaired) electrons. The number of carboxylic acid groups (broad SMARTS) is 1. The van der Waals surface area contributed by atoms with Crippen molar-refractivity contribution in [2.24, 2.45) is 0 Å². The van der Waals surface area contributed by atoms with Gasteiger partial charge in [-0.1, -0.05) is 72.9 Å². The molecule has 222 valence electrons. The molecule has 1 aliphatic rings. The van der Waals surface area contributed by atoms with Gasteiger partial charge in [0.15, 0.2) is 0 Å². The van der Waals surface area contributed by atoms with Gasteiger partial charge in [-0.2, -0.15) is 0 Å². The van der Waals surface area contributed by atoms with Crippen molar-refractivity contribution in [2.45, 2.75) is 56.9 Å². The lowest BCUT2D eigenvalue weighted by Gasteiger charge is -2.48. The second-order valence-electron chi connectivity index (χ2n) is 10.4. The van der Waals surface area contributed by atoms with Crippen LogP contribution in [-0.2, 0) is 25.5 Å². The van der Waals surface area contributed by atoms with Crippen LogP contribution in [0, 0.1) is 5.82 Å². The number of likely N-dealkylation sites (N-methyl/N-ethyl adjacent to an activating group) is 1. The van der Waals surface area contributed by atoms with Crippen LogP contribution < -0.4 is 0 Å². The third-order valence-corrected chi connectivity index (χ3v) is 7.90. The zero-order valence-corrected chi connectivity index (χ0v) is 24.9. The summed E-state index contributed by atoms with van der Waals surface area (Å²) in [4.78, 5) is 42.5. The fourth-order valence-electron chi connectivity index (χ4n) is 5.27. The topological polar surface area (TPSA) is 87.2 Å². The minimum Gasteiger partial charge on any atom is -0.481 e. The van der Waals surface area contributed by atoms with Crippen molar-refractivity contribution in [3.05, 3.63) is 105 Å². The van der Waals surface area contributed by atoms with E-state index in [9.17, 15) is 23.9 Å². The second kappa shape index (κ2) is 14.1. The summed E-state index contributed by atoms with van der Waals surface area (Å²) in [7, 11) is 1.54. The minimum absolute atomic E-state index is 0.00184. The number of carboxylic acids is 1. The van der Waals surface area contributed by atoms with E-state index >= 15 is 0 Å². The van der Waals surface area contributed by atoms with Gasteiger partial charge in [-0.3, -0.25) is 14.4 Å². The van der Waals surface area contributed by atoms with Crippen LogP contribution in [0.5, 0.6) is 0 Å². The Bertz CT molecular complexity index is 1390. The number of nitrogens with zero attached hydrogens (tertiary/aromatic N) is 2. The Labute approximate surface area is 254 Å². The van der Waals surface area contributed by atoms with Crippen LogP contribution in [0.1, 0.15) is 55.0 Å². The summed E-state index contributed by atoms with van der Waals surface area (Å²) in [5.41, 5.74) is 2.17. The number of hydrogen-bond acceptors (Lipinski definition) is 4. The van der Waals surface area contributed by atoms with Gasteiger partial charge >= 0.3 is 5.97 Å². The molecule has 0 unspecified atom stereocenters. The van der Waals surface area contributed by atoms with E-state index < -0.39 is 36.1 Å². The Morgan fingerprint density at radius 3 is 2.10 bits per heavy atom. The largest absolute Gasteiger partial charge is 0.481 e. The quantitative estimate of drug-likeness (QED) is 0.267. The van der Waals surface area contributed by atoms with Crippen LogP contribution in [0.4, 0.5) is 4.39 Å². The van der Waals surface area contributed by atoms with Crippen molar-refractivity contribution >= 4 is 41.0 Å². The molecule has 0 aliphatic carbocycles. The molecule has 0 spiro atoms. The van der Waals surface area contributed by atoms with Crippen LogP contribution in [0.15, 0.2) is 72.8 Å². The van der Waals surface area contributed by atoms with Gasteiger partial charge in [0.1, 0.15) is 24.1 Å². The highest BCUT2D eigenvalue weighted by atomic mass is 35.5. The van der Waals surface area contributed by atoms with Crippen LogP contribution in [-0.4, -0.2) is 58.4 Å². The minimum atomic E-state index is -1.02. The summed E-state index contributed by atoms with van der Waals surface area (Å²) in [6, 6.07) is 18.4. The summed E-state index contributed by atoms with van der Waals surface area (Å²) in [5.74, 6) is -2.16. The van der Waals surface area contributed by atoms with Crippen molar-refractivity contribution in [1.29, 1.82) is 0 Å². The number of carbonyl (C=O) groups excluding carboxylic acids is 2. The number of ether oxygens (including phenoxy) is 1. The highest BCUT2D eigenvalue weighted by Gasteiger charge is 2.48. The number of amides is 2. The first-order valence-electron chi connectivity index (χ1n) is 13.8. The molecule has 2 amide bonds. The Morgan fingerprint density at radius 2 is 1.55 bits per heavy atom. The zero-order chi connectivity index (χ0) is 30.4. The molecule has 4 atom stereocenters. The molecule has 7 nitrogen and oxygen atoms in total. The molecular weight excluding hydrogens is 582 g/mol. The lowest BCUT2D eigenvalue weighted by molar-refractivity contribution is -0.183. The third-order valence-electron chi connectivity index (χ3n) is 7.39. The molecule has 3 aromatic rings. The third kappa shape index (κ3) is 7.48. The predicted octanol–water partition coefficient (Wildman–Crippen LogP) is 6.49. The van der Waals surface area contributed by atoms with E-state index in [0.717, 1.165) is 11.1 Å². The molecule has 1 saturated heterocycles. The average molecular weight is 616 g/mol. The molecule has 42 heavy (non-hydrogen) atoms. The van der Waals surface area contributed by atoms with Crippen molar-refractivity contribution in [2.75, 3.05) is 13.6 Å². The molecule has 0 saturated carbocycles. The van der Waals surface area contributed by atoms with Gasteiger partial charge < -0.3 is 19.6 Å². The molecule has 1 N–H and O–H groups in total. The number of benzene rings is 3. The first kappa shape index (κ1) is 31.5. The molecule has 10 heteroatoms. The average Bonchev–Trinajstić information content (AvgIpc) is 2.97. The zero-order valence-electron chi connectivity index (χ0n) is 23.4. The molecule has 1 fully saturated rings. The summed E-state index contributed by atoms with van der Waals surface area (Å²) in [5, 5.41) is 10.2. The van der Waals surface area contributed by atoms with E-state index in [1.165, 1.54) is 17.0 Å².